The highest BCUT2D eigenvalue weighted by atomic mass is 32.1. The molecule has 0 bridgehead atoms. The fraction of sp³-hybridized carbons (Fsp3) is 0.286. The van der Waals surface area contributed by atoms with E-state index in [4.69, 9.17) is 4.74 Å². The first-order valence-electron chi connectivity index (χ1n) is 9.12. The summed E-state index contributed by atoms with van der Waals surface area (Å²) in [5.74, 6) is 0.350. The summed E-state index contributed by atoms with van der Waals surface area (Å²) < 4.78 is 21.2. The van der Waals surface area contributed by atoms with E-state index in [1.165, 1.54) is 17.4 Å². The van der Waals surface area contributed by atoms with E-state index in [9.17, 15) is 9.18 Å². The number of para-hydroxylation sites is 1. The van der Waals surface area contributed by atoms with E-state index in [1.54, 1.807) is 6.07 Å². The van der Waals surface area contributed by atoms with Gasteiger partial charge in [0.15, 0.2) is 0 Å². The Labute approximate surface area is 161 Å². The number of carbonyl (C=O) groups excluding carboxylic acids is 1. The average molecular weight is 384 g/mol. The lowest BCUT2D eigenvalue weighted by molar-refractivity contribution is 0.0769. The largest absolute Gasteiger partial charge is 0.489 e. The van der Waals surface area contributed by atoms with Crippen molar-refractivity contribution >= 4 is 27.3 Å². The SMILES string of the molecule is O=C(c1sc2cccc(F)c2c1COc1ccccc1)N1CCCNCC1. The predicted molar refractivity (Wildman–Crippen MR) is 106 cm³/mol. The van der Waals surface area contributed by atoms with Crippen LogP contribution in [0.25, 0.3) is 10.1 Å². The molecule has 140 valence electrons. The third-order valence-corrected chi connectivity index (χ3v) is 5.90. The third-order valence-electron chi connectivity index (χ3n) is 4.71. The van der Waals surface area contributed by atoms with Crippen LogP contribution in [-0.2, 0) is 6.61 Å². The quantitative estimate of drug-likeness (QED) is 0.738. The van der Waals surface area contributed by atoms with Crippen molar-refractivity contribution in [1.29, 1.82) is 0 Å². The lowest BCUT2D eigenvalue weighted by Gasteiger charge is -2.20. The molecule has 1 aliphatic heterocycles. The molecule has 6 heteroatoms. The molecule has 1 amide bonds. The smallest absolute Gasteiger partial charge is 0.264 e. The normalized spacial score (nSPS) is 14.9. The second-order valence-electron chi connectivity index (χ2n) is 6.52. The van der Waals surface area contributed by atoms with Crippen molar-refractivity contribution in [3.8, 4) is 5.75 Å². The second-order valence-corrected chi connectivity index (χ2v) is 7.57. The van der Waals surface area contributed by atoms with E-state index in [2.05, 4.69) is 5.32 Å². The number of halogens is 1. The van der Waals surface area contributed by atoms with Crippen LogP contribution in [0.2, 0.25) is 0 Å². The van der Waals surface area contributed by atoms with Gasteiger partial charge in [0.25, 0.3) is 5.91 Å². The van der Waals surface area contributed by atoms with Crippen LogP contribution in [0.15, 0.2) is 48.5 Å². The van der Waals surface area contributed by atoms with Gasteiger partial charge in [0.1, 0.15) is 18.2 Å². The van der Waals surface area contributed by atoms with Gasteiger partial charge in [-0.15, -0.1) is 11.3 Å². The van der Waals surface area contributed by atoms with Gasteiger partial charge in [-0.3, -0.25) is 4.79 Å². The molecular weight excluding hydrogens is 363 g/mol. The van der Waals surface area contributed by atoms with Crippen LogP contribution in [0.1, 0.15) is 21.7 Å². The molecule has 1 aromatic heterocycles. The average Bonchev–Trinajstić information content (AvgIpc) is 2.87. The summed E-state index contributed by atoms with van der Waals surface area (Å²) in [6, 6.07) is 14.4. The van der Waals surface area contributed by atoms with E-state index >= 15 is 0 Å². The lowest BCUT2D eigenvalue weighted by atomic mass is 10.1. The lowest BCUT2D eigenvalue weighted by Crippen LogP contribution is -2.34. The van der Waals surface area contributed by atoms with Crippen molar-refractivity contribution in [2.24, 2.45) is 0 Å². The molecule has 1 N–H and O–H groups in total. The van der Waals surface area contributed by atoms with Crippen molar-refractivity contribution in [2.75, 3.05) is 26.2 Å². The molecule has 1 saturated heterocycles. The van der Waals surface area contributed by atoms with Crippen molar-refractivity contribution in [1.82, 2.24) is 10.2 Å². The summed E-state index contributed by atoms with van der Waals surface area (Å²) in [5, 5.41) is 3.80. The summed E-state index contributed by atoms with van der Waals surface area (Å²) in [5.41, 5.74) is 0.638. The highest BCUT2D eigenvalue weighted by Crippen LogP contribution is 2.35. The van der Waals surface area contributed by atoms with E-state index in [1.807, 2.05) is 41.3 Å². The van der Waals surface area contributed by atoms with Crippen molar-refractivity contribution in [2.45, 2.75) is 13.0 Å². The van der Waals surface area contributed by atoms with E-state index in [0.717, 1.165) is 24.2 Å². The zero-order valence-electron chi connectivity index (χ0n) is 14.9. The number of thiophene rings is 1. The summed E-state index contributed by atoms with van der Waals surface area (Å²) >= 11 is 1.35. The molecule has 0 saturated carbocycles. The molecule has 2 aromatic carbocycles. The Balaban J connectivity index is 1.70. The zero-order valence-corrected chi connectivity index (χ0v) is 15.7. The van der Waals surface area contributed by atoms with Gasteiger partial charge in [0, 0.05) is 35.3 Å². The molecular formula is C21H21FN2O2S. The first-order chi connectivity index (χ1) is 13.2. The number of hydrogen-bond donors (Lipinski definition) is 1. The van der Waals surface area contributed by atoms with Gasteiger partial charge in [-0.05, 0) is 37.2 Å². The Hall–Kier alpha value is -2.44. The van der Waals surface area contributed by atoms with Gasteiger partial charge < -0.3 is 15.0 Å². The molecule has 3 aromatic rings. The second kappa shape index (κ2) is 8.06. The highest BCUT2D eigenvalue weighted by molar-refractivity contribution is 7.21. The van der Waals surface area contributed by atoms with Gasteiger partial charge in [-0.1, -0.05) is 24.3 Å². The standard InChI is InChI=1S/C21H21FN2O2S/c22-17-8-4-9-18-19(17)16(14-26-15-6-2-1-3-7-15)20(27-18)21(25)24-12-5-10-23-11-13-24/h1-4,6-9,23H,5,10-14H2. The van der Waals surface area contributed by atoms with Crippen molar-refractivity contribution in [3.63, 3.8) is 0 Å². The van der Waals surface area contributed by atoms with Gasteiger partial charge in [0.2, 0.25) is 0 Å². The van der Waals surface area contributed by atoms with Crippen molar-refractivity contribution < 1.29 is 13.9 Å². The summed E-state index contributed by atoms with van der Waals surface area (Å²) in [6.45, 7) is 3.23. The first kappa shape index (κ1) is 17.9. The Bertz CT molecular complexity index is 934. The maximum Gasteiger partial charge on any atom is 0.264 e. The van der Waals surface area contributed by atoms with Crippen LogP contribution in [0.4, 0.5) is 4.39 Å². The summed E-state index contributed by atoms with van der Waals surface area (Å²) in [7, 11) is 0. The van der Waals surface area contributed by atoms with E-state index in [-0.39, 0.29) is 18.3 Å². The van der Waals surface area contributed by atoms with Crippen LogP contribution in [0.5, 0.6) is 5.75 Å². The van der Waals surface area contributed by atoms with Crippen LogP contribution < -0.4 is 10.1 Å². The predicted octanol–water partition coefficient (Wildman–Crippen LogP) is 4.05. The van der Waals surface area contributed by atoms with Crippen LogP contribution in [0, 0.1) is 5.82 Å². The number of hydrogen-bond acceptors (Lipinski definition) is 4. The first-order valence-corrected chi connectivity index (χ1v) is 9.93. The fourth-order valence-electron chi connectivity index (χ4n) is 3.34. The highest BCUT2D eigenvalue weighted by Gasteiger charge is 2.25. The Morgan fingerprint density at radius 1 is 1.11 bits per heavy atom. The Morgan fingerprint density at radius 2 is 1.96 bits per heavy atom. The van der Waals surface area contributed by atoms with Gasteiger partial charge in [-0.2, -0.15) is 0 Å². The van der Waals surface area contributed by atoms with Gasteiger partial charge >= 0.3 is 0 Å². The maximum atomic E-state index is 14.6. The molecule has 1 aliphatic rings. The van der Waals surface area contributed by atoms with Crippen LogP contribution in [-0.4, -0.2) is 37.0 Å². The molecule has 0 spiro atoms. The number of nitrogens with one attached hydrogen (secondary N) is 1. The van der Waals surface area contributed by atoms with Crippen molar-refractivity contribution in [3.05, 3.63) is 64.8 Å². The monoisotopic (exact) mass is 384 g/mol. The summed E-state index contributed by atoms with van der Waals surface area (Å²) in [4.78, 5) is 15.6. The third kappa shape index (κ3) is 3.82. The minimum atomic E-state index is -0.313. The topological polar surface area (TPSA) is 41.6 Å². The number of carbonyl (C=O) groups is 1. The molecule has 4 nitrogen and oxygen atoms in total. The molecule has 0 radical (unpaired) electrons. The maximum absolute atomic E-state index is 14.6. The van der Waals surface area contributed by atoms with Gasteiger partial charge in [-0.25, -0.2) is 4.39 Å². The molecule has 4 rings (SSSR count). The molecule has 27 heavy (non-hydrogen) atoms. The Morgan fingerprint density at radius 3 is 2.81 bits per heavy atom. The number of benzene rings is 2. The number of nitrogens with zero attached hydrogens (tertiary/aromatic N) is 1. The van der Waals surface area contributed by atoms with E-state index in [0.29, 0.717) is 34.7 Å². The number of rotatable bonds is 4. The fourth-order valence-corrected chi connectivity index (χ4v) is 4.53. The minimum Gasteiger partial charge on any atom is -0.489 e. The number of amides is 1. The van der Waals surface area contributed by atoms with Crippen LogP contribution in [0.3, 0.4) is 0 Å². The number of fused-ring (bicyclic) bond motifs is 1. The molecule has 0 aliphatic carbocycles. The molecule has 0 atom stereocenters. The Kier molecular flexibility index (Phi) is 5.36. The summed E-state index contributed by atoms with van der Waals surface area (Å²) in [6.07, 6.45) is 0.918. The van der Waals surface area contributed by atoms with Gasteiger partial charge in [0.05, 0.1) is 4.88 Å². The zero-order chi connectivity index (χ0) is 18.6. The molecule has 1 fully saturated rings. The van der Waals surface area contributed by atoms with E-state index < -0.39 is 0 Å². The molecule has 2 heterocycles. The number of ether oxygens (including phenoxy) is 1. The minimum absolute atomic E-state index is 0.0361. The van der Waals surface area contributed by atoms with Crippen LogP contribution >= 0.6 is 11.3 Å². The molecule has 0 unspecified atom stereocenters.